The predicted molar refractivity (Wildman–Crippen MR) is 48.5 cm³/mol. The third kappa shape index (κ3) is 2.03. The van der Waals surface area contributed by atoms with Crippen molar-refractivity contribution >= 4 is 29.5 Å². The summed E-state index contributed by atoms with van der Waals surface area (Å²) in [6, 6.07) is 0. The number of aromatic nitrogens is 1. The molecule has 0 saturated heterocycles. The Balaban J connectivity index is 2.91. The van der Waals surface area contributed by atoms with Gasteiger partial charge in [-0.25, -0.2) is 9.78 Å². The molecule has 0 fully saturated rings. The number of amides is 1. The Morgan fingerprint density at radius 3 is 2.92 bits per heavy atom. The summed E-state index contributed by atoms with van der Waals surface area (Å²) < 4.78 is 0. The number of nitrogens with zero attached hydrogens (tertiary/aromatic N) is 2. The number of hydrogen-bond donors (Lipinski definition) is 1. The molecule has 0 bridgehead atoms. The Bertz CT molecular complexity index is 323. The molecule has 0 saturated carbocycles. The van der Waals surface area contributed by atoms with E-state index in [-0.39, 0.29) is 5.01 Å². The lowest BCUT2D eigenvalue weighted by molar-refractivity contribution is 0.112. The minimum absolute atomic E-state index is 0.287. The summed E-state index contributed by atoms with van der Waals surface area (Å²) in [7, 11) is 0. The van der Waals surface area contributed by atoms with Crippen molar-refractivity contribution in [1.29, 1.82) is 0 Å². The molecule has 0 atom stereocenters. The minimum Gasteiger partial charge on any atom is -0.465 e. The fourth-order valence-corrected chi connectivity index (χ4v) is 1.46. The van der Waals surface area contributed by atoms with Crippen molar-refractivity contribution in [1.82, 2.24) is 4.98 Å². The van der Waals surface area contributed by atoms with Gasteiger partial charge in [0.05, 0.1) is 0 Å². The maximum Gasteiger partial charge on any atom is 0.413 e. The Morgan fingerprint density at radius 2 is 2.54 bits per heavy atom. The lowest BCUT2D eigenvalue weighted by Crippen LogP contribution is -2.28. The summed E-state index contributed by atoms with van der Waals surface area (Å²) in [5.41, 5.74) is 0. The van der Waals surface area contributed by atoms with E-state index in [0.29, 0.717) is 18.6 Å². The summed E-state index contributed by atoms with van der Waals surface area (Å²) in [5, 5.41) is 10.5. The van der Waals surface area contributed by atoms with Gasteiger partial charge in [0.2, 0.25) is 0 Å². The Labute approximate surface area is 78.6 Å². The number of carbonyl (C=O) groups is 2. The van der Waals surface area contributed by atoms with Crippen LogP contribution in [0.5, 0.6) is 0 Å². The van der Waals surface area contributed by atoms with E-state index in [1.54, 1.807) is 12.3 Å². The van der Waals surface area contributed by atoms with E-state index < -0.39 is 6.09 Å². The van der Waals surface area contributed by atoms with Gasteiger partial charge in [-0.1, -0.05) is 0 Å². The number of hydrogen-bond acceptors (Lipinski definition) is 4. The van der Waals surface area contributed by atoms with Crippen LogP contribution in [0.15, 0.2) is 5.38 Å². The summed E-state index contributed by atoms with van der Waals surface area (Å²) in [6.45, 7) is 2.02. The molecule has 5 nitrogen and oxygen atoms in total. The van der Waals surface area contributed by atoms with Crippen LogP contribution >= 0.6 is 11.3 Å². The van der Waals surface area contributed by atoms with Crippen LogP contribution in [0.3, 0.4) is 0 Å². The molecule has 0 aliphatic rings. The van der Waals surface area contributed by atoms with Crippen molar-refractivity contribution in [3.8, 4) is 0 Å². The first kappa shape index (κ1) is 9.66. The first-order chi connectivity index (χ1) is 6.19. The molecule has 1 heterocycles. The molecule has 0 radical (unpaired) electrons. The zero-order valence-corrected chi connectivity index (χ0v) is 7.74. The van der Waals surface area contributed by atoms with Crippen LogP contribution < -0.4 is 4.90 Å². The van der Waals surface area contributed by atoms with E-state index in [9.17, 15) is 9.59 Å². The van der Waals surface area contributed by atoms with Gasteiger partial charge in [-0.3, -0.25) is 9.69 Å². The second kappa shape index (κ2) is 3.99. The van der Waals surface area contributed by atoms with Gasteiger partial charge in [0, 0.05) is 11.9 Å². The monoisotopic (exact) mass is 200 g/mol. The average Bonchev–Trinajstić information content (AvgIpc) is 2.53. The predicted octanol–water partition coefficient (Wildman–Crippen LogP) is 1.46. The third-order valence-corrected chi connectivity index (χ3v) is 2.19. The molecular weight excluding hydrogens is 192 g/mol. The lowest BCUT2D eigenvalue weighted by atomic mass is 10.5. The van der Waals surface area contributed by atoms with Crippen molar-refractivity contribution < 1.29 is 14.7 Å². The number of aldehydes is 1. The van der Waals surface area contributed by atoms with Crippen LogP contribution in [0.25, 0.3) is 0 Å². The first-order valence-electron chi connectivity index (χ1n) is 3.60. The molecule has 0 unspecified atom stereocenters. The topological polar surface area (TPSA) is 70.5 Å². The molecule has 1 aromatic rings. The average molecular weight is 200 g/mol. The quantitative estimate of drug-likeness (QED) is 0.750. The SMILES string of the molecule is CCN(C(=O)O)c1csc(C=O)n1. The van der Waals surface area contributed by atoms with Crippen molar-refractivity contribution in [2.45, 2.75) is 6.92 Å². The van der Waals surface area contributed by atoms with Crippen LogP contribution in [0.4, 0.5) is 10.6 Å². The van der Waals surface area contributed by atoms with Crippen molar-refractivity contribution in [3.05, 3.63) is 10.4 Å². The highest BCUT2D eigenvalue weighted by Gasteiger charge is 2.14. The Kier molecular flexibility index (Phi) is 2.97. The van der Waals surface area contributed by atoms with E-state index in [1.807, 2.05) is 0 Å². The maximum atomic E-state index is 10.6. The molecule has 1 amide bonds. The van der Waals surface area contributed by atoms with Gasteiger partial charge in [-0.05, 0) is 6.92 Å². The number of thiazole rings is 1. The third-order valence-electron chi connectivity index (χ3n) is 1.43. The fourth-order valence-electron chi connectivity index (χ4n) is 0.852. The minimum atomic E-state index is -1.06. The van der Waals surface area contributed by atoms with E-state index in [4.69, 9.17) is 5.11 Å². The zero-order chi connectivity index (χ0) is 9.84. The van der Waals surface area contributed by atoms with Gasteiger partial charge in [0.15, 0.2) is 11.3 Å². The fraction of sp³-hybridized carbons (Fsp3) is 0.286. The highest BCUT2D eigenvalue weighted by Crippen LogP contribution is 2.16. The number of carbonyl (C=O) groups excluding carboxylic acids is 1. The molecule has 0 spiro atoms. The van der Waals surface area contributed by atoms with Crippen molar-refractivity contribution in [2.24, 2.45) is 0 Å². The second-order valence-electron chi connectivity index (χ2n) is 2.19. The molecule has 1 aromatic heterocycles. The van der Waals surface area contributed by atoms with Gasteiger partial charge in [0.25, 0.3) is 0 Å². The molecule has 0 aliphatic heterocycles. The van der Waals surface area contributed by atoms with Gasteiger partial charge < -0.3 is 5.11 Å². The molecule has 0 aliphatic carbocycles. The van der Waals surface area contributed by atoms with Gasteiger partial charge in [-0.2, -0.15) is 0 Å². The van der Waals surface area contributed by atoms with Crippen LogP contribution in [0.2, 0.25) is 0 Å². The zero-order valence-electron chi connectivity index (χ0n) is 6.93. The summed E-state index contributed by atoms with van der Waals surface area (Å²) in [6.07, 6.45) is -0.464. The first-order valence-corrected chi connectivity index (χ1v) is 4.48. The van der Waals surface area contributed by atoms with E-state index >= 15 is 0 Å². The van der Waals surface area contributed by atoms with E-state index in [0.717, 1.165) is 16.2 Å². The largest absolute Gasteiger partial charge is 0.465 e. The molecule has 13 heavy (non-hydrogen) atoms. The van der Waals surface area contributed by atoms with Crippen molar-refractivity contribution in [2.75, 3.05) is 11.4 Å². The van der Waals surface area contributed by atoms with Crippen LogP contribution in [-0.4, -0.2) is 29.0 Å². The maximum absolute atomic E-state index is 10.6. The molecule has 1 rings (SSSR count). The lowest BCUT2D eigenvalue weighted by Gasteiger charge is -2.12. The van der Waals surface area contributed by atoms with E-state index in [2.05, 4.69) is 4.98 Å². The highest BCUT2D eigenvalue weighted by atomic mass is 32.1. The van der Waals surface area contributed by atoms with Crippen LogP contribution in [-0.2, 0) is 0 Å². The number of rotatable bonds is 3. The molecule has 0 aromatic carbocycles. The van der Waals surface area contributed by atoms with Gasteiger partial charge in [0.1, 0.15) is 5.82 Å². The van der Waals surface area contributed by atoms with Gasteiger partial charge >= 0.3 is 6.09 Å². The van der Waals surface area contributed by atoms with Crippen molar-refractivity contribution in [3.63, 3.8) is 0 Å². The highest BCUT2D eigenvalue weighted by molar-refractivity contribution is 7.11. The number of anilines is 1. The van der Waals surface area contributed by atoms with Gasteiger partial charge in [-0.15, -0.1) is 11.3 Å². The normalized spacial score (nSPS) is 9.62. The second-order valence-corrected chi connectivity index (χ2v) is 3.08. The summed E-state index contributed by atoms with van der Waals surface area (Å²) in [5.74, 6) is 0.308. The van der Waals surface area contributed by atoms with E-state index in [1.165, 1.54) is 0 Å². The Hall–Kier alpha value is -1.43. The van der Waals surface area contributed by atoms with Crippen LogP contribution in [0, 0.1) is 0 Å². The Morgan fingerprint density at radius 1 is 1.85 bits per heavy atom. The molecule has 70 valence electrons. The summed E-state index contributed by atoms with van der Waals surface area (Å²) >= 11 is 1.13. The molecule has 1 N–H and O–H groups in total. The summed E-state index contributed by atoms with van der Waals surface area (Å²) in [4.78, 5) is 25.8. The smallest absolute Gasteiger partial charge is 0.413 e. The molecular formula is C7H8N2O3S. The van der Waals surface area contributed by atoms with Crippen LogP contribution in [0.1, 0.15) is 16.7 Å². The molecule has 6 heteroatoms. The standard InChI is InChI=1S/C7H8N2O3S/c1-2-9(7(11)12)5-4-13-6(3-10)8-5/h3-4H,2H2,1H3,(H,11,12). The number of carboxylic acid groups (broad SMARTS) is 1.